The van der Waals surface area contributed by atoms with Gasteiger partial charge >= 0.3 is 0 Å². The van der Waals surface area contributed by atoms with Crippen LogP contribution in [0.1, 0.15) is 34.7 Å². The number of hydrogen-bond donors (Lipinski definition) is 3. The second-order valence-corrected chi connectivity index (χ2v) is 4.93. The molecule has 110 valence electrons. The lowest BCUT2D eigenvalue weighted by atomic mass is 10.1. The zero-order valence-corrected chi connectivity index (χ0v) is 11.9. The summed E-state index contributed by atoms with van der Waals surface area (Å²) in [7, 11) is 0. The zero-order valence-electron chi connectivity index (χ0n) is 11.9. The van der Waals surface area contributed by atoms with Crippen LogP contribution in [0.3, 0.4) is 0 Å². The SMILES string of the molecule is CC(=O)c1cccc(NCCc2ccc(C(O)O)cc2)c1. The van der Waals surface area contributed by atoms with E-state index in [-0.39, 0.29) is 5.78 Å². The third-order valence-corrected chi connectivity index (χ3v) is 3.29. The van der Waals surface area contributed by atoms with Crippen molar-refractivity contribution >= 4 is 11.5 Å². The molecule has 4 heteroatoms. The highest BCUT2D eigenvalue weighted by Gasteiger charge is 2.02. The highest BCUT2D eigenvalue weighted by Crippen LogP contribution is 2.13. The van der Waals surface area contributed by atoms with Crippen LogP contribution in [0, 0.1) is 0 Å². The van der Waals surface area contributed by atoms with Gasteiger partial charge in [-0.3, -0.25) is 4.79 Å². The average Bonchev–Trinajstić information content (AvgIpc) is 2.48. The summed E-state index contributed by atoms with van der Waals surface area (Å²) in [5.41, 5.74) is 3.21. The van der Waals surface area contributed by atoms with Gasteiger partial charge in [0.1, 0.15) is 0 Å². The maximum atomic E-state index is 11.3. The molecule has 0 amide bonds. The molecule has 0 radical (unpaired) electrons. The molecule has 0 aliphatic rings. The topological polar surface area (TPSA) is 69.6 Å². The Hall–Kier alpha value is -2.17. The Labute approximate surface area is 124 Å². The first-order chi connectivity index (χ1) is 10.1. The summed E-state index contributed by atoms with van der Waals surface area (Å²) >= 11 is 0. The van der Waals surface area contributed by atoms with Crippen LogP contribution in [0.25, 0.3) is 0 Å². The van der Waals surface area contributed by atoms with Crippen LogP contribution in [-0.2, 0) is 6.42 Å². The van der Waals surface area contributed by atoms with Crippen molar-refractivity contribution in [1.29, 1.82) is 0 Å². The summed E-state index contributed by atoms with van der Waals surface area (Å²) in [6.45, 7) is 2.29. The molecule has 0 aromatic heterocycles. The van der Waals surface area contributed by atoms with Gasteiger partial charge in [-0.2, -0.15) is 0 Å². The van der Waals surface area contributed by atoms with Gasteiger partial charge < -0.3 is 15.5 Å². The Bertz CT molecular complexity index is 606. The molecule has 0 aliphatic heterocycles. The number of carbonyl (C=O) groups is 1. The molecule has 0 unspecified atom stereocenters. The molecule has 0 heterocycles. The molecular formula is C17H19NO3. The van der Waals surface area contributed by atoms with Gasteiger partial charge in [-0.25, -0.2) is 0 Å². The van der Waals surface area contributed by atoms with E-state index in [0.29, 0.717) is 11.1 Å². The van der Waals surface area contributed by atoms with Crippen LogP contribution >= 0.6 is 0 Å². The summed E-state index contributed by atoms with van der Waals surface area (Å²) in [4.78, 5) is 11.3. The van der Waals surface area contributed by atoms with Crippen LogP contribution in [0.2, 0.25) is 0 Å². The minimum absolute atomic E-state index is 0.0526. The average molecular weight is 285 g/mol. The monoisotopic (exact) mass is 285 g/mol. The minimum Gasteiger partial charge on any atom is -0.385 e. The Morgan fingerprint density at radius 3 is 2.48 bits per heavy atom. The predicted molar refractivity (Wildman–Crippen MR) is 82.3 cm³/mol. The van der Waals surface area contributed by atoms with E-state index in [1.165, 1.54) is 0 Å². The number of aliphatic hydroxyl groups excluding tert-OH is 1. The lowest BCUT2D eigenvalue weighted by Gasteiger charge is -2.09. The van der Waals surface area contributed by atoms with Gasteiger partial charge in [0.2, 0.25) is 0 Å². The number of ketones is 1. The van der Waals surface area contributed by atoms with Crippen LogP contribution in [0.15, 0.2) is 48.5 Å². The van der Waals surface area contributed by atoms with Crippen LogP contribution < -0.4 is 5.32 Å². The maximum Gasteiger partial charge on any atom is 0.178 e. The van der Waals surface area contributed by atoms with Crippen LogP contribution in [-0.4, -0.2) is 22.5 Å². The number of anilines is 1. The molecule has 0 saturated heterocycles. The second-order valence-electron chi connectivity index (χ2n) is 4.93. The first kappa shape index (κ1) is 15.2. The fourth-order valence-corrected chi connectivity index (χ4v) is 2.06. The molecule has 0 bridgehead atoms. The highest BCUT2D eigenvalue weighted by molar-refractivity contribution is 5.94. The van der Waals surface area contributed by atoms with E-state index >= 15 is 0 Å². The number of rotatable bonds is 6. The van der Waals surface area contributed by atoms with Gasteiger partial charge in [-0.15, -0.1) is 0 Å². The molecule has 0 saturated carbocycles. The Balaban J connectivity index is 1.89. The summed E-state index contributed by atoms with van der Waals surface area (Å²) in [6.07, 6.45) is -0.613. The Morgan fingerprint density at radius 1 is 1.14 bits per heavy atom. The van der Waals surface area contributed by atoms with Gasteiger partial charge in [-0.05, 0) is 31.0 Å². The summed E-state index contributed by atoms with van der Waals surface area (Å²) < 4.78 is 0. The molecule has 2 aromatic rings. The number of hydrogen-bond acceptors (Lipinski definition) is 4. The summed E-state index contributed by atoms with van der Waals surface area (Å²) in [5.74, 6) is 0.0526. The van der Waals surface area contributed by atoms with E-state index in [2.05, 4.69) is 5.32 Å². The van der Waals surface area contributed by atoms with Crippen molar-refractivity contribution in [2.75, 3.05) is 11.9 Å². The highest BCUT2D eigenvalue weighted by atomic mass is 16.5. The van der Waals surface area contributed by atoms with Gasteiger partial charge in [-0.1, -0.05) is 36.4 Å². The molecule has 0 atom stereocenters. The fraction of sp³-hybridized carbons (Fsp3) is 0.235. The molecule has 2 rings (SSSR count). The molecule has 0 spiro atoms. The van der Waals surface area contributed by atoms with Crippen molar-refractivity contribution in [3.63, 3.8) is 0 Å². The molecule has 3 N–H and O–H groups in total. The quantitative estimate of drug-likeness (QED) is 0.563. The molecule has 0 aliphatic carbocycles. The maximum absolute atomic E-state index is 11.3. The normalized spacial score (nSPS) is 10.7. The fourth-order valence-electron chi connectivity index (χ4n) is 2.06. The number of benzene rings is 2. The number of carbonyl (C=O) groups excluding carboxylic acids is 1. The molecule has 4 nitrogen and oxygen atoms in total. The van der Waals surface area contributed by atoms with Gasteiger partial charge in [0, 0.05) is 23.4 Å². The molecule has 2 aromatic carbocycles. The molecule has 0 fully saturated rings. The lowest BCUT2D eigenvalue weighted by Crippen LogP contribution is -2.06. The summed E-state index contributed by atoms with van der Waals surface area (Å²) in [6, 6.07) is 14.6. The third kappa shape index (κ3) is 4.41. The van der Waals surface area contributed by atoms with Crippen molar-refractivity contribution in [3.8, 4) is 0 Å². The minimum atomic E-state index is -1.42. The van der Waals surface area contributed by atoms with Crippen molar-refractivity contribution in [2.45, 2.75) is 19.6 Å². The van der Waals surface area contributed by atoms with Crippen molar-refractivity contribution < 1.29 is 15.0 Å². The van der Waals surface area contributed by atoms with Crippen LogP contribution in [0.5, 0.6) is 0 Å². The third-order valence-electron chi connectivity index (χ3n) is 3.29. The van der Waals surface area contributed by atoms with E-state index < -0.39 is 6.29 Å². The first-order valence-corrected chi connectivity index (χ1v) is 6.86. The van der Waals surface area contributed by atoms with Gasteiger partial charge in [0.15, 0.2) is 12.1 Å². The molecule has 21 heavy (non-hydrogen) atoms. The van der Waals surface area contributed by atoms with Crippen LogP contribution in [0.4, 0.5) is 5.69 Å². The smallest absolute Gasteiger partial charge is 0.178 e. The largest absolute Gasteiger partial charge is 0.385 e. The van der Waals surface area contributed by atoms with Crippen molar-refractivity contribution in [1.82, 2.24) is 0 Å². The van der Waals surface area contributed by atoms with E-state index in [0.717, 1.165) is 24.2 Å². The number of nitrogens with one attached hydrogen (secondary N) is 1. The second kappa shape index (κ2) is 7.02. The predicted octanol–water partition coefficient (Wildman–Crippen LogP) is 2.53. The Morgan fingerprint density at radius 2 is 1.86 bits per heavy atom. The zero-order chi connectivity index (χ0) is 15.2. The number of Topliss-reactive ketones (excluding diaryl/α,β-unsaturated/α-hetero) is 1. The van der Waals surface area contributed by atoms with Crippen molar-refractivity contribution in [2.24, 2.45) is 0 Å². The van der Waals surface area contributed by atoms with E-state index in [1.54, 1.807) is 25.1 Å². The van der Waals surface area contributed by atoms with Gasteiger partial charge in [0.05, 0.1) is 0 Å². The molecular weight excluding hydrogens is 266 g/mol. The van der Waals surface area contributed by atoms with E-state index in [4.69, 9.17) is 10.2 Å². The number of aliphatic hydroxyl groups is 2. The summed E-state index contributed by atoms with van der Waals surface area (Å²) in [5, 5.41) is 21.3. The van der Waals surface area contributed by atoms with E-state index in [1.807, 2.05) is 30.3 Å². The van der Waals surface area contributed by atoms with Gasteiger partial charge in [0.25, 0.3) is 0 Å². The first-order valence-electron chi connectivity index (χ1n) is 6.86. The lowest BCUT2D eigenvalue weighted by molar-refractivity contribution is -0.0424. The standard InChI is InChI=1S/C17H19NO3/c1-12(19)15-3-2-4-16(11-15)18-10-9-13-5-7-14(8-6-13)17(20)21/h2-8,11,17-18,20-21H,9-10H2,1H3. The Kier molecular flexibility index (Phi) is 5.09. The van der Waals surface area contributed by atoms with E-state index in [9.17, 15) is 4.79 Å². The van der Waals surface area contributed by atoms with Crippen molar-refractivity contribution in [3.05, 3.63) is 65.2 Å².